The normalized spacial score (nSPS) is 18.0. The Morgan fingerprint density at radius 2 is 2.00 bits per heavy atom. The topological polar surface area (TPSA) is 91.4 Å². The van der Waals surface area contributed by atoms with Gasteiger partial charge in [-0.3, -0.25) is 4.79 Å². The van der Waals surface area contributed by atoms with E-state index in [1.54, 1.807) is 6.20 Å². The molecule has 1 unspecified atom stereocenters. The third kappa shape index (κ3) is 5.14. The lowest BCUT2D eigenvalue weighted by atomic mass is 10.1. The van der Waals surface area contributed by atoms with Crippen molar-refractivity contribution in [3.8, 4) is 11.3 Å². The van der Waals surface area contributed by atoms with Gasteiger partial charge in [0.2, 0.25) is 11.9 Å². The summed E-state index contributed by atoms with van der Waals surface area (Å²) in [6, 6.07) is 15.2. The summed E-state index contributed by atoms with van der Waals surface area (Å²) in [6.45, 7) is 3.93. The molecule has 34 heavy (non-hydrogen) atoms. The molecule has 3 heterocycles. The molecule has 1 amide bonds. The number of aromatic nitrogens is 2. The van der Waals surface area contributed by atoms with Crippen molar-refractivity contribution < 1.29 is 9.53 Å². The number of benzene rings is 2. The van der Waals surface area contributed by atoms with Crippen LogP contribution in [0.1, 0.15) is 12.8 Å². The molecule has 0 saturated carbocycles. The quantitative estimate of drug-likeness (QED) is 0.492. The molecule has 1 aromatic heterocycles. The average molecular weight is 479 g/mol. The van der Waals surface area contributed by atoms with Crippen LogP contribution in [-0.2, 0) is 9.53 Å². The molecule has 2 aliphatic rings. The summed E-state index contributed by atoms with van der Waals surface area (Å²) in [5.41, 5.74) is 4.06. The number of hydrogen-bond donors (Lipinski definition) is 3. The second kappa shape index (κ2) is 10.4. The van der Waals surface area contributed by atoms with Gasteiger partial charge in [-0.25, -0.2) is 9.97 Å². The Morgan fingerprint density at radius 3 is 2.79 bits per heavy atom. The van der Waals surface area contributed by atoms with Crippen LogP contribution in [0.25, 0.3) is 11.3 Å². The Labute approximate surface area is 203 Å². The molecule has 176 valence electrons. The lowest BCUT2D eigenvalue weighted by Gasteiger charge is -2.29. The molecule has 3 aromatic rings. The number of halogens is 1. The van der Waals surface area contributed by atoms with Gasteiger partial charge in [0.1, 0.15) is 0 Å². The number of amides is 1. The molecule has 5 rings (SSSR count). The van der Waals surface area contributed by atoms with Crippen molar-refractivity contribution in [3.63, 3.8) is 0 Å². The first-order valence-electron chi connectivity index (χ1n) is 11.5. The maximum atomic E-state index is 12.6. The van der Waals surface area contributed by atoms with Crippen molar-refractivity contribution in [1.82, 2.24) is 15.3 Å². The summed E-state index contributed by atoms with van der Waals surface area (Å²) < 4.78 is 5.43. The van der Waals surface area contributed by atoms with E-state index < -0.39 is 0 Å². The van der Waals surface area contributed by atoms with Crippen molar-refractivity contribution in [2.45, 2.75) is 18.9 Å². The monoisotopic (exact) mass is 478 g/mol. The van der Waals surface area contributed by atoms with E-state index in [2.05, 4.69) is 30.8 Å². The van der Waals surface area contributed by atoms with Crippen LogP contribution in [0.2, 0.25) is 5.02 Å². The van der Waals surface area contributed by atoms with Crippen molar-refractivity contribution in [1.29, 1.82) is 0 Å². The van der Waals surface area contributed by atoms with Crippen LogP contribution in [0.15, 0.2) is 54.7 Å². The third-order valence-corrected chi connectivity index (χ3v) is 6.35. The summed E-state index contributed by atoms with van der Waals surface area (Å²) in [6.07, 6.45) is 3.56. The number of nitrogens with zero attached hydrogens (tertiary/aromatic N) is 3. The van der Waals surface area contributed by atoms with Gasteiger partial charge in [0, 0.05) is 30.5 Å². The van der Waals surface area contributed by atoms with Gasteiger partial charge in [-0.05, 0) is 49.7 Å². The highest BCUT2D eigenvalue weighted by Gasteiger charge is 2.23. The Hall–Kier alpha value is -3.20. The highest BCUT2D eigenvalue weighted by atomic mass is 35.5. The van der Waals surface area contributed by atoms with Gasteiger partial charge in [0.05, 0.1) is 41.3 Å². The zero-order chi connectivity index (χ0) is 23.3. The van der Waals surface area contributed by atoms with E-state index in [1.165, 1.54) is 0 Å². The smallest absolute Gasteiger partial charge is 0.241 e. The molecular formula is C25H27ClN6O2. The average Bonchev–Trinajstić information content (AvgIpc) is 3.41. The standard InChI is InChI=1S/C25H27ClN6O2/c26-19-16-17(7-8-23(19)32-12-14-34-15-13-32)29-25-28-11-9-21(31-25)18-4-1-2-5-20(18)30-24(33)22-6-3-10-27-22/h1-2,4-5,7-9,11,16,22,27H,3,6,10,12-15H2,(H,30,33)(H,28,29,31). The molecule has 8 nitrogen and oxygen atoms in total. The van der Waals surface area contributed by atoms with E-state index in [9.17, 15) is 4.79 Å². The van der Waals surface area contributed by atoms with Crippen LogP contribution in [-0.4, -0.2) is 54.8 Å². The molecule has 2 saturated heterocycles. The van der Waals surface area contributed by atoms with Gasteiger partial charge in [-0.1, -0.05) is 29.8 Å². The molecule has 2 aromatic carbocycles. The number of nitrogens with one attached hydrogen (secondary N) is 3. The second-order valence-corrected chi connectivity index (χ2v) is 8.75. The summed E-state index contributed by atoms with van der Waals surface area (Å²) in [7, 11) is 0. The summed E-state index contributed by atoms with van der Waals surface area (Å²) in [4.78, 5) is 23.9. The number of anilines is 4. The van der Waals surface area contributed by atoms with Crippen molar-refractivity contribution in [2.24, 2.45) is 0 Å². The minimum absolute atomic E-state index is 0.0210. The van der Waals surface area contributed by atoms with Crippen molar-refractivity contribution in [2.75, 3.05) is 48.4 Å². The summed E-state index contributed by atoms with van der Waals surface area (Å²) in [5.74, 6) is 0.429. The highest BCUT2D eigenvalue weighted by molar-refractivity contribution is 6.33. The van der Waals surface area contributed by atoms with E-state index in [0.29, 0.717) is 29.9 Å². The number of hydrogen-bond acceptors (Lipinski definition) is 7. The number of carbonyl (C=O) groups excluding carboxylic acids is 1. The molecule has 9 heteroatoms. The fourth-order valence-corrected chi connectivity index (χ4v) is 4.59. The van der Waals surface area contributed by atoms with Crippen LogP contribution in [0, 0.1) is 0 Å². The van der Waals surface area contributed by atoms with E-state index in [4.69, 9.17) is 16.3 Å². The van der Waals surface area contributed by atoms with Gasteiger partial charge in [-0.15, -0.1) is 0 Å². The number of ether oxygens (including phenoxy) is 1. The van der Waals surface area contributed by atoms with Gasteiger partial charge in [0.25, 0.3) is 0 Å². The number of para-hydroxylation sites is 1. The lowest BCUT2D eigenvalue weighted by molar-refractivity contribution is -0.117. The molecule has 0 radical (unpaired) electrons. The fourth-order valence-electron chi connectivity index (χ4n) is 4.29. The highest BCUT2D eigenvalue weighted by Crippen LogP contribution is 2.31. The lowest BCUT2D eigenvalue weighted by Crippen LogP contribution is -2.36. The predicted octanol–water partition coefficient (Wildman–Crippen LogP) is 4.07. The van der Waals surface area contributed by atoms with Crippen molar-refractivity contribution >= 4 is 40.5 Å². The Balaban J connectivity index is 1.33. The number of morpholine rings is 1. The van der Waals surface area contributed by atoms with Crippen LogP contribution < -0.4 is 20.9 Å². The van der Waals surface area contributed by atoms with Crippen LogP contribution in [0.4, 0.5) is 23.0 Å². The van der Waals surface area contributed by atoms with Crippen molar-refractivity contribution in [3.05, 3.63) is 59.8 Å². The first-order chi connectivity index (χ1) is 16.7. The molecule has 1 atom stereocenters. The molecule has 0 aliphatic carbocycles. The Bertz CT molecular complexity index is 1160. The summed E-state index contributed by atoms with van der Waals surface area (Å²) in [5, 5.41) is 10.2. The number of rotatable bonds is 6. The SMILES string of the molecule is O=C(Nc1ccccc1-c1ccnc(Nc2ccc(N3CCOCC3)c(Cl)c2)n1)C1CCCN1. The van der Waals surface area contributed by atoms with Crippen LogP contribution >= 0.6 is 11.6 Å². The zero-order valence-corrected chi connectivity index (χ0v) is 19.5. The minimum atomic E-state index is -0.152. The van der Waals surface area contributed by atoms with E-state index >= 15 is 0 Å². The predicted molar refractivity (Wildman–Crippen MR) is 135 cm³/mol. The Kier molecular flexibility index (Phi) is 6.89. The molecule has 2 aliphatic heterocycles. The third-order valence-electron chi connectivity index (χ3n) is 6.05. The molecule has 0 bridgehead atoms. The maximum absolute atomic E-state index is 12.6. The maximum Gasteiger partial charge on any atom is 0.241 e. The largest absolute Gasteiger partial charge is 0.378 e. The first kappa shape index (κ1) is 22.6. The van der Waals surface area contributed by atoms with Gasteiger partial charge in [0.15, 0.2) is 0 Å². The van der Waals surface area contributed by atoms with E-state index in [0.717, 1.165) is 55.1 Å². The molecule has 0 spiro atoms. The van der Waals surface area contributed by atoms with E-state index in [-0.39, 0.29) is 11.9 Å². The molecule has 3 N–H and O–H groups in total. The van der Waals surface area contributed by atoms with Crippen LogP contribution in [0.5, 0.6) is 0 Å². The summed E-state index contributed by atoms with van der Waals surface area (Å²) >= 11 is 6.57. The number of carbonyl (C=O) groups is 1. The van der Waals surface area contributed by atoms with Crippen LogP contribution in [0.3, 0.4) is 0 Å². The van der Waals surface area contributed by atoms with Gasteiger partial charge < -0.3 is 25.6 Å². The van der Waals surface area contributed by atoms with E-state index in [1.807, 2.05) is 48.5 Å². The van der Waals surface area contributed by atoms with Gasteiger partial charge in [-0.2, -0.15) is 0 Å². The second-order valence-electron chi connectivity index (χ2n) is 8.34. The Morgan fingerprint density at radius 1 is 1.15 bits per heavy atom. The minimum Gasteiger partial charge on any atom is -0.378 e. The fraction of sp³-hybridized carbons (Fsp3) is 0.320. The molecular weight excluding hydrogens is 452 g/mol. The van der Waals surface area contributed by atoms with Gasteiger partial charge >= 0.3 is 0 Å². The first-order valence-corrected chi connectivity index (χ1v) is 11.9. The molecule has 2 fully saturated rings. The zero-order valence-electron chi connectivity index (χ0n) is 18.8.